The van der Waals surface area contributed by atoms with Crippen LogP contribution in [0.4, 0.5) is 0 Å². The minimum absolute atomic E-state index is 0.0559. The van der Waals surface area contributed by atoms with Crippen molar-refractivity contribution < 1.29 is 44.5 Å². The first-order valence-corrected chi connectivity index (χ1v) is 17.5. The summed E-state index contributed by atoms with van der Waals surface area (Å²) in [6.45, 7) is 15.2. The molecule has 0 aromatic carbocycles. The molecule has 250 valence electrons. The van der Waals surface area contributed by atoms with Gasteiger partial charge >= 0.3 is 0 Å². The highest BCUT2D eigenvalue weighted by Gasteiger charge is 2.88. The van der Waals surface area contributed by atoms with E-state index in [9.17, 15) is 25.5 Å². The van der Waals surface area contributed by atoms with Gasteiger partial charge in [0.05, 0.1) is 24.4 Å². The SMILES string of the molecule is C[C@@H]1CC2O[C@@]3(OC2C(C)(C)O)[C@H](O)[C@@]2(C)[C@@H]4CC[C@H]5C(C)(C)[C@@H](O[C@@H]6OC[C@H](O)[C@H](O)[C@H]6O)CC[C@@]56C[C@@]46CC[C@]2(C)[C@@H]13. The van der Waals surface area contributed by atoms with Gasteiger partial charge in [0.1, 0.15) is 30.5 Å². The lowest BCUT2D eigenvalue weighted by molar-refractivity contribution is -0.303. The topological polar surface area (TPSA) is 138 Å². The predicted molar refractivity (Wildman–Crippen MR) is 159 cm³/mol. The van der Waals surface area contributed by atoms with Gasteiger partial charge in [0.15, 0.2) is 12.1 Å². The molecule has 9 nitrogen and oxygen atoms in total. The van der Waals surface area contributed by atoms with E-state index in [2.05, 4.69) is 34.6 Å². The zero-order valence-corrected chi connectivity index (χ0v) is 27.7. The van der Waals surface area contributed by atoms with Crippen LogP contribution in [0.25, 0.3) is 0 Å². The molecule has 0 amide bonds. The van der Waals surface area contributed by atoms with Gasteiger partial charge < -0.3 is 44.5 Å². The number of aliphatic hydroxyl groups is 5. The Morgan fingerprint density at radius 2 is 1.52 bits per heavy atom. The van der Waals surface area contributed by atoms with Crippen LogP contribution < -0.4 is 0 Å². The Morgan fingerprint density at radius 1 is 0.841 bits per heavy atom. The maximum atomic E-state index is 12.7. The number of fused-ring (bicyclic) bond motifs is 4. The van der Waals surface area contributed by atoms with Gasteiger partial charge in [-0.25, -0.2) is 0 Å². The molecule has 3 aliphatic heterocycles. The van der Waals surface area contributed by atoms with E-state index < -0.39 is 48.2 Å². The summed E-state index contributed by atoms with van der Waals surface area (Å²) in [4.78, 5) is 0. The maximum Gasteiger partial charge on any atom is 0.199 e. The van der Waals surface area contributed by atoms with E-state index in [0.717, 1.165) is 44.9 Å². The molecule has 3 heterocycles. The van der Waals surface area contributed by atoms with Crippen molar-refractivity contribution in [2.75, 3.05) is 6.61 Å². The summed E-state index contributed by atoms with van der Waals surface area (Å²) in [6.07, 6.45) is 2.00. The average Bonchev–Trinajstić information content (AvgIpc) is 3.45. The molecule has 2 unspecified atom stereocenters. The fourth-order valence-corrected chi connectivity index (χ4v) is 14.0. The predicted octanol–water partition coefficient (Wildman–Crippen LogP) is 3.12. The molecule has 8 rings (SSSR count). The molecular weight excluding hydrogens is 564 g/mol. The third kappa shape index (κ3) is 3.38. The lowest BCUT2D eigenvalue weighted by Crippen LogP contribution is -2.61. The third-order valence-electron chi connectivity index (χ3n) is 15.9. The molecule has 5 aliphatic carbocycles. The van der Waals surface area contributed by atoms with E-state index in [4.69, 9.17) is 18.9 Å². The smallest absolute Gasteiger partial charge is 0.199 e. The second-order valence-electron chi connectivity index (χ2n) is 18.3. The van der Waals surface area contributed by atoms with Gasteiger partial charge in [-0.3, -0.25) is 0 Å². The molecule has 5 N–H and O–H groups in total. The summed E-state index contributed by atoms with van der Waals surface area (Å²) in [6, 6.07) is 0. The van der Waals surface area contributed by atoms with Crippen molar-refractivity contribution in [3.8, 4) is 0 Å². The molecule has 5 saturated carbocycles. The van der Waals surface area contributed by atoms with Gasteiger partial charge in [0.2, 0.25) is 0 Å². The number of hydrogen-bond acceptors (Lipinski definition) is 9. The third-order valence-corrected chi connectivity index (χ3v) is 15.9. The summed E-state index contributed by atoms with van der Waals surface area (Å²) in [7, 11) is 0. The molecule has 9 heteroatoms. The van der Waals surface area contributed by atoms with Gasteiger partial charge in [-0.15, -0.1) is 0 Å². The molecule has 17 atom stereocenters. The van der Waals surface area contributed by atoms with Crippen LogP contribution in [-0.2, 0) is 18.9 Å². The van der Waals surface area contributed by atoms with E-state index in [1.54, 1.807) is 13.8 Å². The van der Waals surface area contributed by atoms with Gasteiger partial charge in [-0.2, -0.15) is 0 Å². The van der Waals surface area contributed by atoms with E-state index in [-0.39, 0.29) is 51.8 Å². The van der Waals surface area contributed by atoms with Crippen LogP contribution in [0.15, 0.2) is 0 Å². The summed E-state index contributed by atoms with van der Waals surface area (Å²) in [5.41, 5.74) is -1.39. The second-order valence-corrected chi connectivity index (χ2v) is 18.3. The van der Waals surface area contributed by atoms with Crippen molar-refractivity contribution in [1.82, 2.24) is 0 Å². The molecule has 44 heavy (non-hydrogen) atoms. The summed E-state index contributed by atoms with van der Waals surface area (Å²) >= 11 is 0. The van der Waals surface area contributed by atoms with E-state index in [0.29, 0.717) is 17.8 Å². The van der Waals surface area contributed by atoms with Crippen molar-refractivity contribution in [2.24, 2.45) is 50.7 Å². The minimum atomic E-state index is -1.28. The Balaban J connectivity index is 1.10. The first kappa shape index (κ1) is 30.9. The largest absolute Gasteiger partial charge is 0.388 e. The van der Waals surface area contributed by atoms with Crippen LogP contribution in [0, 0.1) is 50.7 Å². The first-order chi connectivity index (χ1) is 20.4. The van der Waals surface area contributed by atoms with Crippen LogP contribution in [0.2, 0.25) is 0 Å². The van der Waals surface area contributed by atoms with Crippen molar-refractivity contribution in [3.05, 3.63) is 0 Å². The van der Waals surface area contributed by atoms with Gasteiger partial charge in [0.25, 0.3) is 0 Å². The summed E-state index contributed by atoms with van der Waals surface area (Å²) < 4.78 is 25.8. The fraction of sp³-hybridized carbons (Fsp3) is 1.00. The molecule has 0 aromatic heterocycles. The molecule has 3 saturated heterocycles. The fourth-order valence-electron chi connectivity index (χ4n) is 14.0. The van der Waals surface area contributed by atoms with Gasteiger partial charge in [0, 0.05) is 11.3 Å². The normalized spacial score (nSPS) is 62.2. The highest BCUT2D eigenvalue weighted by Crippen LogP contribution is 2.90. The quantitative estimate of drug-likeness (QED) is 0.301. The minimum Gasteiger partial charge on any atom is -0.388 e. The van der Waals surface area contributed by atoms with Crippen LogP contribution in [0.1, 0.15) is 99.8 Å². The highest BCUT2D eigenvalue weighted by atomic mass is 16.8. The number of rotatable bonds is 3. The number of hydrogen-bond donors (Lipinski definition) is 5. The Hall–Kier alpha value is -0.360. The van der Waals surface area contributed by atoms with Crippen molar-refractivity contribution in [1.29, 1.82) is 0 Å². The maximum absolute atomic E-state index is 12.7. The second kappa shape index (κ2) is 9.00. The van der Waals surface area contributed by atoms with Crippen molar-refractivity contribution in [3.63, 3.8) is 0 Å². The number of ether oxygens (including phenoxy) is 4. The highest BCUT2D eigenvalue weighted by molar-refractivity contribution is 5.34. The van der Waals surface area contributed by atoms with Crippen LogP contribution in [-0.4, -0.2) is 92.5 Å². The zero-order chi connectivity index (χ0) is 31.6. The van der Waals surface area contributed by atoms with E-state index in [1.165, 1.54) is 6.42 Å². The Bertz CT molecular complexity index is 1200. The van der Waals surface area contributed by atoms with Gasteiger partial charge in [-0.1, -0.05) is 34.6 Å². The molecule has 8 fully saturated rings. The monoisotopic (exact) mass is 620 g/mol. The van der Waals surface area contributed by atoms with Crippen LogP contribution >= 0.6 is 0 Å². The molecule has 0 aromatic rings. The molecule has 0 radical (unpaired) electrons. The van der Waals surface area contributed by atoms with E-state index in [1.807, 2.05) is 0 Å². The van der Waals surface area contributed by atoms with Gasteiger partial charge in [-0.05, 0) is 105 Å². The molecular formula is C35H56O9. The summed E-state index contributed by atoms with van der Waals surface area (Å²) in [5, 5.41) is 54.5. The lowest BCUT2D eigenvalue weighted by atomic mass is 9.41. The van der Waals surface area contributed by atoms with Crippen molar-refractivity contribution >= 4 is 0 Å². The zero-order valence-electron chi connectivity index (χ0n) is 27.7. The van der Waals surface area contributed by atoms with E-state index >= 15 is 0 Å². The summed E-state index contributed by atoms with van der Waals surface area (Å²) in [5.74, 6) is 0.108. The average molecular weight is 621 g/mol. The lowest BCUT2D eigenvalue weighted by Gasteiger charge is -2.63. The van der Waals surface area contributed by atoms with Crippen LogP contribution in [0.3, 0.4) is 0 Å². The van der Waals surface area contributed by atoms with Crippen molar-refractivity contribution in [2.45, 2.75) is 160 Å². The standard InChI is InChI=1S/C35H56O9/c1-17-14-19-26(30(4,5)40)44-35(43-19)25(17)31(6)12-13-34-16-33(34)11-10-22(42-27-24(38)23(37)18(36)15-41-27)29(2,3)20(33)8-9-21(34)32(31,7)28(35)39/h17-28,36-40H,8-16H2,1-7H3/t17-,18+,19?,20+,21+,22+,23+,24-,25-,26?,27+,28-,31-,32-,33-,34+,35+/m1/s1. The number of aliphatic hydroxyl groups excluding tert-OH is 4. The first-order valence-electron chi connectivity index (χ1n) is 17.5. The molecule has 8 aliphatic rings. The van der Waals surface area contributed by atoms with Crippen LogP contribution in [0.5, 0.6) is 0 Å². The molecule has 2 bridgehead atoms. The molecule has 3 spiro atoms. The Labute approximate surface area is 262 Å². The Kier molecular flexibility index (Phi) is 6.33. The Morgan fingerprint density at radius 3 is 2.23 bits per heavy atom.